The molecule has 1 N–H and O–H groups in total. The third-order valence-electron chi connectivity index (χ3n) is 4.50. The molecule has 1 aromatic heterocycles. The van der Waals surface area contributed by atoms with Crippen LogP contribution in [-0.2, 0) is 9.53 Å². The molecule has 1 atom stereocenters. The van der Waals surface area contributed by atoms with E-state index in [0.29, 0.717) is 30.2 Å². The molecule has 1 aromatic carbocycles. The van der Waals surface area contributed by atoms with E-state index in [0.717, 1.165) is 31.4 Å². The Bertz CT molecular complexity index is 811. The molecule has 0 radical (unpaired) electrons. The quantitative estimate of drug-likeness (QED) is 0.799. The fourth-order valence-electron chi connectivity index (χ4n) is 3.16. The summed E-state index contributed by atoms with van der Waals surface area (Å²) in [5.74, 6) is -0.717. The summed E-state index contributed by atoms with van der Waals surface area (Å²) in [5.41, 5.74) is 1.89. The third kappa shape index (κ3) is 3.92. The van der Waals surface area contributed by atoms with Crippen molar-refractivity contribution in [3.05, 3.63) is 30.0 Å². The Morgan fingerprint density at radius 3 is 2.62 bits per heavy atom. The molecule has 1 fully saturated rings. The van der Waals surface area contributed by atoms with Crippen molar-refractivity contribution < 1.29 is 9.53 Å². The molecule has 3 rings (SSSR count). The number of amides is 1. The first-order valence-corrected chi connectivity index (χ1v) is 8.92. The van der Waals surface area contributed by atoms with Gasteiger partial charge in [-0.05, 0) is 31.4 Å². The molecule has 26 heavy (non-hydrogen) atoms. The van der Waals surface area contributed by atoms with Gasteiger partial charge in [0.1, 0.15) is 5.69 Å². The Hall–Kier alpha value is -2.72. The van der Waals surface area contributed by atoms with Crippen LogP contribution in [0, 0.1) is 11.3 Å². The predicted molar refractivity (Wildman–Crippen MR) is 98.8 cm³/mol. The van der Waals surface area contributed by atoms with Gasteiger partial charge in [0, 0.05) is 26.7 Å². The molecular formula is C19H23N5O2. The highest BCUT2D eigenvalue weighted by Gasteiger charge is 2.29. The maximum absolute atomic E-state index is 12.5. The van der Waals surface area contributed by atoms with Gasteiger partial charge in [-0.1, -0.05) is 12.1 Å². The van der Waals surface area contributed by atoms with Gasteiger partial charge in [0.2, 0.25) is 5.91 Å². The van der Waals surface area contributed by atoms with E-state index in [4.69, 9.17) is 9.72 Å². The lowest BCUT2D eigenvalue weighted by molar-refractivity contribution is -0.121. The molecule has 1 saturated heterocycles. The minimum absolute atomic E-state index is 0.355. The summed E-state index contributed by atoms with van der Waals surface area (Å²) in [7, 11) is 1.57. The smallest absolute Gasteiger partial charge is 0.243 e. The van der Waals surface area contributed by atoms with Crippen LogP contribution in [0.2, 0.25) is 0 Å². The van der Waals surface area contributed by atoms with Crippen molar-refractivity contribution >= 4 is 22.8 Å². The number of nitriles is 1. The Morgan fingerprint density at radius 2 is 1.96 bits per heavy atom. The van der Waals surface area contributed by atoms with Crippen LogP contribution < -0.4 is 10.2 Å². The fourth-order valence-corrected chi connectivity index (χ4v) is 3.16. The van der Waals surface area contributed by atoms with Gasteiger partial charge in [-0.25, -0.2) is 9.97 Å². The van der Waals surface area contributed by atoms with Gasteiger partial charge in [-0.15, -0.1) is 0 Å². The highest BCUT2D eigenvalue weighted by molar-refractivity contribution is 5.88. The van der Waals surface area contributed by atoms with E-state index < -0.39 is 5.92 Å². The van der Waals surface area contributed by atoms with Gasteiger partial charge < -0.3 is 15.0 Å². The topological polar surface area (TPSA) is 91.1 Å². The molecule has 1 amide bonds. The Morgan fingerprint density at radius 1 is 1.27 bits per heavy atom. The van der Waals surface area contributed by atoms with Crippen molar-refractivity contribution in [2.45, 2.75) is 25.2 Å². The van der Waals surface area contributed by atoms with Crippen molar-refractivity contribution in [2.75, 3.05) is 38.3 Å². The minimum atomic E-state index is -0.999. The summed E-state index contributed by atoms with van der Waals surface area (Å²) in [6, 6.07) is 9.65. The summed E-state index contributed by atoms with van der Waals surface area (Å²) in [4.78, 5) is 24.1. The first-order valence-electron chi connectivity index (χ1n) is 8.92. The van der Waals surface area contributed by atoms with E-state index >= 15 is 0 Å². The van der Waals surface area contributed by atoms with Crippen LogP contribution >= 0.6 is 0 Å². The number of hydrogen-bond acceptors (Lipinski definition) is 6. The highest BCUT2D eigenvalue weighted by Crippen LogP contribution is 2.29. The summed E-state index contributed by atoms with van der Waals surface area (Å²) in [6.07, 6.45) is 3.34. The molecule has 2 aromatic rings. The van der Waals surface area contributed by atoms with E-state index in [1.807, 2.05) is 24.3 Å². The minimum Gasteiger partial charge on any atom is -0.383 e. The number of hydrogen-bond donors (Lipinski definition) is 1. The largest absolute Gasteiger partial charge is 0.383 e. The lowest BCUT2D eigenvalue weighted by atomic mass is 10.0. The number of benzene rings is 1. The molecule has 0 spiro atoms. The SMILES string of the molecule is COCCNC(=O)C(C#N)c1nc2ccccc2nc1N1CCCCC1. The van der Waals surface area contributed by atoms with Crippen LogP contribution in [-0.4, -0.2) is 49.2 Å². The molecule has 136 valence electrons. The zero-order valence-corrected chi connectivity index (χ0v) is 14.9. The monoisotopic (exact) mass is 353 g/mol. The number of fused-ring (bicyclic) bond motifs is 1. The third-order valence-corrected chi connectivity index (χ3v) is 4.50. The van der Waals surface area contributed by atoms with Crippen LogP contribution in [0.1, 0.15) is 30.9 Å². The first kappa shape index (κ1) is 18.1. The summed E-state index contributed by atoms with van der Waals surface area (Å²) in [6.45, 7) is 2.48. The average Bonchev–Trinajstić information content (AvgIpc) is 2.69. The normalized spacial score (nSPS) is 15.5. The maximum atomic E-state index is 12.5. The molecule has 7 heteroatoms. The van der Waals surface area contributed by atoms with Gasteiger partial charge >= 0.3 is 0 Å². The zero-order chi connectivity index (χ0) is 18.4. The highest BCUT2D eigenvalue weighted by atomic mass is 16.5. The van der Waals surface area contributed by atoms with Crippen molar-refractivity contribution in [2.24, 2.45) is 0 Å². The number of rotatable bonds is 6. The Balaban J connectivity index is 2.00. The summed E-state index contributed by atoms with van der Waals surface area (Å²) in [5, 5.41) is 12.4. The standard InChI is InChI=1S/C19H23N5O2/c1-26-12-9-21-19(25)14(13-20)17-18(24-10-5-2-6-11-24)23-16-8-4-3-7-15(16)22-17/h3-4,7-8,14H,2,5-6,9-12H2,1H3,(H,21,25). The van der Waals surface area contributed by atoms with E-state index in [9.17, 15) is 10.1 Å². The molecular weight excluding hydrogens is 330 g/mol. The van der Waals surface area contributed by atoms with Crippen molar-refractivity contribution in [1.29, 1.82) is 5.26 Å². The average molecular weight is 353 g/mol. The van der Waals surface area contributed by atoms with Crippen LogP contribution in [0.25, 0.3) is 11.0 Å². The van der Waals surface area contributed by atoms with E-state index in [1.54, 1.807) is 7.11 Å². The van der Waals surface area contributed by atoms with Crippen molar-refractivity contribution in [3.8, 4) is 6.07 Å². The number of anilines is 1. The van der Waals surface area contributed by atoms with Gasteiger partial charge in [0.25, 0.3) is 0 Å². The number of aromatic nitrogens is 2. The molecule has 1 aliphatic heterocycles. The van der Waals surface area contributed by atoms with E-state index in [-0.39, 0.29) is 5.91 Å². The second kappa shape index (κ2) is 8.59. The van der Waals surface area contributed by atoms with E-state index in [2.05, 4.69) is 21.3 Å². The number of methoxy groups -OCH3 is 1. The van der Waals surface area contributed by atoms with Gasteiger partial charge in [-0.3, -0.25) is 4.79 Å². The summed E-state index contributed by atoms with van der Waals surface area (Å²) < 4.78 is 4.95. The number of carbonyl (C=O) groups is 1. The van der Waals surface area contributed by atoms with E-state index in [1.165, 1.54) is 6.42 Å². The number of para-hydroxylation sites is 2. The predicted octanol–water partition coefficient (Wildman–Crippen LogP) is 1.99. The van der Waals surface area contributed by atoms with Gasteiger partial charge in [0.15, 0.2) is 11.7 Å². The zero-order valence-electron chi connectivity index (χ0n) is 14.9. The number of ether oxygens (including phenoxy) is 1. The van der Waals surface area contributed by atoms with Crippen molar-refractivity contribution in [3.63, 3.8) is 0 Å². The second-order valence-corrected chi connectivity index (χ2v) is 6.31. The molecule has 1 aliphatic rings. The maximum Gasteiger partial charge on any atom is 0.243 e. The molecule has 2 heterocycles. The van der Waals surface area contributed by atoms with Crippen LogP contribution in [0.4, 0.5) is 5.82 Å². The van der Waals surface area contributed by atoms with Crippen LogP contribution in [0.5, 0.6) is 0 Å². The molecule has 0 aliphatic carbocycles. The van der Waals surface area contributed by atoms with Gasteiger partial charge in [0.05, 0.1) is 23.7 Å². The molecule has 0 bridgehead atoms. The van der Waals surface area contributed by atoms with Crippen molar-refractivity contribution in [1.82, 2.24) is 15.3 Å². The molecule has 7 nitrogen and oxygen atoms in total. The first-order chi connectivity index (χ1) is 12.7. The van der Waals surface area contributed by atoms with Gasteiger partial charge in [-0.2, -0.15) is 5.26 Å². The lowest BCUT2D eigenvalue weighted by Gasteiger charge is -2.29. The Labute approximate surface area is 153 Å². The number of piperidine rings is 1. The Kier molecular flexibility index (Phi) is 5.97. The summed E-state index contributed by atoms with van der Waals surface area (Å²) >= 11 is 0. The van der Waals surface area contributed by atoms with Crippen LogP contribution in [0.3, 0.4) is 0 Å². The number of nitrogens with zero attached hydrogens (tertiary/aromatic N) is 4. The number of carbonyl (C=O) groups excluding carboxylic acids is 1. The number of nitrogens with one attached hydrogen (secondary N) is 1. The lowest BCUT2D eigenvalue weighted by Crippen LogP contribution is -2.35. The molecule has 1 unspecified atom stereocenters. The molecule has 0 saturated carbocycles. The van der Waals surface area contributed by atoms with Crippen LogP contribution in [0.15, 0.2) is 24.3 Å². The fraction of sp³-hybridized carbons (Fsp3) is 0.474. The second-order valence-electron chi connectivity index (χ2n) is 6.31.